The van der Waals surface area contributed by atoms with E-state index in [4.69, 9.17) is 11.6 Å². The van der Waals surface area contributed by atoms with Gasteiger partial charge >= 0.3 is 0 Å². The highest BCUT2D eigenvalue weighted by molar-refractivity contribution is 6.30. The maximum atomic E-state index is 11.9. The Hall–Kier alpha value is -1.98. The second-order valence-corrected chi connectivity index (χ2v) is 5.08. The predicted octanol–water partition coefficient (Wildman–Crippen LogP) is 1.71. The van der Waals surface area contributed by atoms with Crippen molar-refractivity contribution in [3.05, 3.63) is 59.1 Å². The zero-order valence-electron chi connectivity index (χ0n) is 11.4. The summed E-state index contributed by atoms with van der Waals surface area (Å²) in [6, 6.07) is 8.73. The van der Waals surface area contributed by atoms with Gasteiger partial charge in [-0.05, 0) is 30.7 Å². The smallest absolute Gasteiger partial charge is 0.269 e. The Balaban J connectivity index is 1.89. The van der Waals surface area contributed by atoms with Gasteiger partial charge in [0.2, 0.25) is 0 Å². The predicted molar refractivity (Wildman–Crippen MR) is 80.1 cm³/mol. The zero-order valence-corrected chi connectivity index (χ0v) is 12.1. The minimum absolute atomic E-state index is 0.0279. The topological polar surface area (TPSA) is 75.1 Å². The van der Waals surface area contributed by atoms with Crippen LogP contribution in [0.15, 0.2) is 42.7 Å². The average Bonchev–Trinajstić information content (AvgIpc) is 2.52. The zero-order chi connectivity index (χ0) is 15.1. The number of carbonyl (C=O) groups excluding carboxylic acids is 1. The Morgan fingerprint density at radius 1 is 1.29 bits per heavy atom. The van der Waals surface area contributed by atoms with E-state index in [9.17, 15) is 9.90 Å². The summed E-state index contributed by atoms with van der Waals surface area (Å²) in [5, 5.41) is 12.6. The first-order chi connectivity index (χ1) is 10.2. The van der Waals surface area contributed by atoms with Crippen LogP contribution in [-0.4, -0.2) is 34.1 Å². The number of amides is 1. The molecule has 0 spiro atoms. The quantitative estimate of drug-likeness (QED) is 0.852. The first kappa shape index (κ1) is 15.4. The van der Waals surface area contributed by atoms with E-state index in [-0.39, 0.29) is 24.1 Å². The van der Waals surface area contributed by atoms with E-state index >= 15 is 0 Å². The molecule has 0 saturated carbocycles. The number of hydrogen-bond acceptors (Lipinski definition) is 4. The molecule has 0 radical (unpaired) electrons. The number of nitrogens with one attached hydrogen (secondary N) is 1. The molecule has 110 valence electrons. The van der Waals surface area contributed by atoms with Crippen molar-refractivity contribution in [2.24, 2.45) is 5.92 Å². The van der Waals surface area contributed by atoms with Gasteiger partial charge in [-0.1, -0.05) is 17.7 Å². The Labute approximate surface area is 128 Å². The molecule has 5 nitrogen and oxygen atoms in total. The summed E-state index contributed by atoms with van der Waals surface area (Å²) in [5.74, 6) is -0.403. The van der Waals surface area contributed by atoms with Gasteiger partial charge < -0.3 is 10.4 Å². The third kappa shape index (κ3) is 4.81. The number of rotatable bonds is 6. The van der Waals surface area contributed by atoms with E-state index in [1.165, 1.54) is 12.3 Å². The van der Waals surface area contributed by atoms with Gasteiger partial charge in [-0.25, -0.2) is 0 Å². The van der Waals surface area contributed by atoms with Crippen molar-refractivity contribution >= 4 is 17.5 Å². The Bertz CT molecular complexity index is 592. The minimum Gasteiger partial charge on any atom is -0.396 e. The van der Waals surface area contributed by atoms with E-state index in [0.717, 1.165) is 5.69 Å². The highest BCUT2D eigenvalue weighted by Gasteiger charge is 2.13. The number of hydrogen-bond donors (Lipinski definition) is 2. The summed E-state index contributed by atoms with van der Waals surface area (Å²) in [6.45, 7) is 0.319. The number of nitrogens with zero attached hydrogens (tertiary/aromatic N) is 2. The molecule has 2 aromatic rings. The fraction of sp³-hybridized carbons (Fsp3) is 0.267. The second kappa shape index (κ2) is 7.71. The maximum absolute atomic E-state index is 11.9. The molecule has 0 aliphatic rings. The van der Waals surface area contributed by atoms with Crippen molar-refractivity contribution in [1.29, 1.82) is 0 Å². The molecular formula is C15H16ClN3O2. The molecule has 0 fully saturated rings. The molecule has 0 aliphatic carbocycles. The average molecular weight is 306 g/mol. The highest BCUT2D eigenvalue weighted by atomic mass is 35.5. The van der Waals surface area contributed by atoms with Crippen LogP contribution in [0.1, 0.15) is 16.2 Å². The largest absolute Gasteiger partial charge is 0.396 e. The van der Waals surface area contributed by atoms with Gasteiger partial charge in [-0.2, -0.15) is 0 Å². The SMILES string of the molecule is O=C(NCC(CO)Cc1ccccn1)c1cc(Cl)ccn1. The molecule has 2 rings (SSSR count). The first-order valence-electron chi connectivity index (χ1n) is 6.59. The van der Waals surface area contributed by atoms with E-state index in [2.05, 4.69) is 15.3 Å². The van der Waals surface area contributed by atoms with Gasteiger partial charge in [-0.15, -0.1) is 0 Å². The monoisotopic (exact) mass is 305 g/mol. The fourth-order valence-electron chi connectivity index (χ4n) is 1.87. The molecule has 0 aromatic carbocycles. The van der Waals surface area contributed by atoms with Gasteiger partial charge in [0, 0.05) is 42.2 Å². The molecule has 0 saturated heterocycles. The van der Waals surface area contributed by atoms with Gasteiger partial charge in [0.15, 0.2) is 0 Å². The van der Waals surface area contributed by atoms with Crippen LogP contribution in [-0.2, 0) is 6.42 Å². The molecule has 6 heteroatoms. The Morgan fingerprint density at radius 3 is 2.81 bits per heavy atom. The van der Waals surface area contributed by atoms with Gasteiger partial charge in [0.25, 0.3) is 5.91 Å². The molecule has 21 heavy (non-hydrogen) atoms. The van der Waals surface area contributed by atoms with Crippen molar-refractivity contribution in [3.63, 3.8) is 0 Å². The summed E-state index contributed by atoms with van der Waals surface area (Å²) >= 11 is 5.82. The number of aromatic nitrogens is 2. The van der Waals surface area contributed by atoms with Crippen LogP contribution in [0.2, 0.25) is 5.02 Å². The molecule has 2 aromatic heterocycles. The summed E-state index contributed by atoms with van der Waals surface area (Å²) in [7, 11) is 0. The van der Waals surface area contributed by atoms with Crippen LogP contribution in [0.4, 0.5) is 0 Å². The number of halogens is 1. The second-order valence-electron chi connectivity index (χ2n) is 4.64. The van der Waals surface area contributed by atoms with Crippen molar-refractivity contribution in [3.8, 4) is 0 Å². The normalized spacial score (nSPS) is 11.9. The van der Waals surface area contributed by atoms with Crippen molar-refractivity contribution < 1.29 is 9.90 Å². The van der Waals surface area contributed by atoms with Crippen LogP contribution < -0.4 is 5.32 Å². The summed E-state index contributed by atoms with van der Waals surface area (Å²) < 4.78 is 0. The molecule has 2 heterocycles. The molecule has 1 amide bonds. The van der Waals surface area contributed by atoms with Crippen LogP contribution in [0.3, 0.4) is 0 Å². The first-order valence-corrected chi connectivity index (χ1v) is 6.97. The van der Waals surface area contributed by atoms with Gasteiger partial charge in [0.05, 0.1) is 0 Å². The van der Waals surface area contributed by atoms with Crippen LogP contribution in [0, 0.1) is 5.92 Å². The number of aliphatic hydroxyl groups excluding tert-OH is 1. The standard InChI is InChI=1S/C15H16ClN3O2/c16-12-4-6-18-14(8-12)15(21)19-9-11(10-20)7-13-3-1-2-5-17-13/h1-6,8,11,20H,7,9-10H2,(H,19,21). The van der Waals surface area contributed by atoms with E-state index in [1.54, 1.807) is 12.3 Å². The molecule has 1 atom stereocenters. The molecule has 0 aliphatic heterocycles. The minimum atomic E-state index is -0.308. The van der Waals surface area contributed by atoms with Crippen LogP contribution in [0.5, 0.6) is 0 Å². The van der Waals surface area contributed by atoms with Crippen molar-refractivity contribution in [2.45, 2.75) is 6.42 Å². The molecular weight excluding hydrogens is 290 g/mol. The third-order valence-corrected chi connectivity index (χ3v) is 3.22. The van der Waals surface area contributed by atoms with Crippen molar-refractivity contribution in [2.75, 3.05) is 13.2 Å². The Kier molecular flexibility index (Phi) is 5.66. The number of carbonyl (C=O) groups is 1. The molecule has 0 bridgehead atoms. The highest BCUT2D eigenvalue weighted by Crippen LogP contribution is 2.09. The van der Waals surface area contributed by atoms with E-state index < -0.39 is 0 Å². The summed E-state index contributed by atoms with van der Waals surface area (Å²) in [4.78, 5) is 20.1. The van der Waals surface area contributed by atoms with Crippen molar-refractivity contribution in [1.82, 2.24) is 15.3 Å². The lowest BCUT2D eigenvalue weighted by Gasteiger charge is -2.14. The number of aliphatic hydroxyl groups is 1. The lowest BCUT2D eigenvalue weighted by Crippen LogP contribution is -2.32. The molecule has 2 N–H and O–H groups in total. The number of pyridine rings is 2. The van der Waals surface area contributed by atoms with E-state index in [1.807, 2.05) is 18.2 Å². The van der Waals surface area contributed by atoms with Gasteiger partial charge in [-0.3, -0.25) is 14.8 Å². The Morgan fingerprint density at radius 2 is 2.14 bits per heavy atom. The van der Waals surface area contributed by atoms with Crippen LogP contribution in [0.25, 0.3) is 0 Å². The fourth-order valence-corrected chi connectivity index (χ4v) is 2.03. The van der Waals surface area contributed by atoms with E-state index in [0.29, 0.717) is 18.0 Å². The molecule has 1 unspecified atom stereocenters. The van der Waals surface area contributed by atoms with Crippen LogP contribution >= 0.6 is 11.6 Å². The lowest BCUT2D eigenvalue weighted by molar-refractivity contribution is 0.0935. The van der Waals surface area contributed by atoms with Gasteiger partial charge in [0.1, 0.15) is 5.69 Å². The maximum Gasteiger partial charge on any atom is 0.269 e. The third-order valence-electron chi connectivity index (χ3n) is 2.99. The summed E-state index contributed by atoms with van der Waals surface area (Å²) in [6.07, 6.45) is 3.79. The lowest BCUT2D eigenvalue weighted by atomic mass is 10.0. The summed E-state index contributed by atoms with van der Waals surface area (Å²) in [5.41, 5.74) is 1.14.